The van der Waals surface area contributed by atoms with Gasteiger partial charge in [0.2, 0.25) is 0 Å². The molecule has 2 aromatic rings. The van der Waals surface area contributed by atoms with Crippen LogP contribution in [0, 0.1) is 12.7 Å². The summed E-state index contributed by atoms with van der Waals surface area (Å²) in [4.78, 5) is 0. The summed E-state index contributed by atoms with van der Waals surface area (Å²) in [6, 6.07) is 12.5. The van der Waals surface area contributed by atoms with E-state index in [2.05, 4.69) is 22.9 Å². The van der Waals surface area contributed by atoms with Crippen LogP contribution in [0.25, 0.3) is 11.1 Å². The standard InChI is InChI=1S/C13H9BrF/c1-9-2-4-10(5-3-9)12-7-6-11(14)8-13(12)15/h2-8H,1H2. The van der Waals surface area contributed by atoms with Crippen LogP contribution in [0.2, 0.25) is 0 Å². The van der Waals surface area contributed by atoms with Crippen LogP contribution in [0.4, 0.5) is 4.39 Å². The molecule has 0 heterocycles. The molecule has 0 saturated carbocycles. The molecule has 15 heavy (non-hydrogen) atoms. The lowest BCUT2D eigenvalue weighted by Crippen LogP contribution is -1.84. The summed E-state index contributed by atoms with van der Waals surface area (Å²) < 4.78 is 14.3. The molecule has 2 rings (SSSR count). The van der Waals surface area contributed by atoms with Crippen molar-refractivity contribution in [1.82, 2.24) is 0 Å². The normalized spacial score (nSPS) is 10.3. The van der Waals surface area contributed by atoms with Gasteiger partial charge >= 0.3 is 0 Å². The summed E-state index contributed by atoms with van der Waals surface area (Å²) >= 11 is 3.23. The number of halogens is 2. The summed E-state index contributed by atoms with van der Waals surface area (Å²) in [6.45, 7) is 3.79. The van der Waals surface area contributed by atoms with E-state index < -0.39 is 0 Å². The zero-order valence-electron chi connectivity index (χ0n) is 8.00. The van der Waals surface area contributed by atoms with Crippen molar-refractivity contribution in [3.8, 4) is 11.1 Å². The van der Waals surface area contributed by atoms with Crippen LogP contribution in [-0.2, 0) is 0 Å². The van der Waals surface area contributed by atoms with Crippen molar-refractivity contribution < 1.29 is 4.39 Å². The summed E-state index contributed by atoms with van der Waals surface area (Å²) in [5.74, 6) is -0.221. The molecule has 1 radical (unpaired) electrons. The van der Waals surface area contributed by atoms with Crippen LogP contribution >= 0.6 is 15.9 Å². The maximum atomic E-state index is 13.6. The van der Waals surface area contributed by atoms with E-state index in [0.29, 0.717) is 5.56 Å². The van der Waals surface area contributed by atoms with Gasteiger partial charge in [0.05, 0.1) is 0 Å². The van der Waals surface area contributed by atoms with E-state index in [9.17, 15) is 4.39 Å². The van der Waals surface area contributed by atoms with E-state index in [4.69, 9.17) is 0 Å². The highest BCUT2D eigenvalue weighted by atomic mass is 79.9. The Morgan fingerprint density at radius 2 is 1.67 bits per heavy atom. The van der Waals surface area contributed by atoms with Crippen molar-refractivity contribution in [2.24, 2.45) is 0 Å². The van der Waals surface area contributed by atoms with Gasteiger partial charge in [0, 0.05) is 10.0 Å². The minimum absolute atomic E-state index is 0.221. The van der Waals surface area contributed by atoms with E-state index in [1.54, 1.807) is 6.07 Å². The second-order valence-corrected chi connectivity index (χ2v) is 4.24. The number of hydrogen-bond acceptors (Lipinski definition) is 0. The summed E-state index contributed by atoms with van der Waals surface area (Å²) in [7, 11) is 0. The molecule has 0 atom stereocenters. The summed E-state index contributed by atoms with van der Waals surface area (Å²) in [5, 5.41) is 0. The molecule has 0 aliphatic carbocycles. The lowest BCUT2D eigenvalue weighted by atomic mass is 10.0. The van der Waals surface area contributed by atoms with Gasteiger partial charge in [0.25, 0.3) is 0 Å². The maximum Gasteiger partial charge on any atom is 0.132 e. The van der Waals surface area contributed by atoms with Gasteiger partial charge in [-0.2, -0.15) is 0 Å². The Bertz CT molecular complexity index is 474. The van der Waals surface area contributed by atoms with Crippen LogP contribution in [0.1, 0.15) is 5.56 Å². The molecule has 2 heteroatoms. The Balaban J connectivity index is 2.49. The van der Waals surface area contributed by atoms with Gasteiger partial charge in [-0.05, 0) is 30.2 Å². The fraction of sp³-hybridized carbons (Fsp3) is 0. The lowest BCUT2D eigenvalue weighted by molar-refractivity contribution is 0.630. The van der Waals surface area contributed by atoms with E-state index in [1.807, 2.05) is 30.3 Å². The van der Waals surface area contributed by atoms with Crippen molar-refractivity contribution in [3.05, 3.63) is 65.2 Å². The van der Waals surface area contributed by atoms with Gasteiger partial charge in [-0.3, -0.25) is 0 Å². The molecule has 0 unspecified atom stereocenters. The molecule has 2 aromatic carbocycles. The largest absolute Gasteiger partial charge is 0.206 e. The lowest BCUT2D eigenvalue weighted by Gasteiger charge is -2.04. The van der Waals surface area contributed by atoms with E-state index in [1.165, 1.54) is 6.07 Å². The molecule has 0 spiro atoms. The molecule has 0 bridgehead atoms. The molecular formula is C13H9BrF. The van der Waals surface area contributed by atoms with Crippen molar-refractivity contribution in [1.29, 1.82) is 0 Å². The van der Waals surface area contributed by atoms with Crippen LogP contribution in [-0.4, -0.2) is 0 Å². The number of hydrogen-bond donors (Lipinski definition) is 0. The summed E-state index contributed by atoms with van der Waals surface area (Å²) in [5.41, 5.74) is 2.40. The first-order valence-electron chi connectivity index (χ1n) is 4.54. The first kappa shape index (κ1) is 10.4. The minimum atomic E-state index is -0.221. The van der Waals surface area contributed by atoms with E-state index in [0.717, 1.165) is 15.6 Å². The fourth-order valence-corrected chi connectivity index (χ4v) is 1.74. The van der Waals surface area contributed by atoms with Gasteiger partial charge < -0.3 is 0 Å². The Morgan fingerprint density at radius 3 is 2.27 bits per heavy atom. The molecule has 0 N–H and O–H groups in total. The first-order chi connectivity index (χ1) is 7.16. The zero-order chi connectivity index (χ0) is 10.8. The van der Waals surface area contributed by atoms with Crippen molar-refractivity contribution >= 4 is 15.9 Å². The second-order valence-electron chi connectivity index (χ2n) is 3.32. The van der Waals surface area contributed by atoms with Crippen LogP contribution in [0.15, 0.2) is 46.9 Å². The Hall–Kier alpha value is -1.15. The van der Waals surface area contributed by atoms with Crippen molar-refractivity contribution in [2.75, 3.05) is 0 Å². The van der Waals surface area contributed by atoms with Gasteiger partial charge in [0.1, 0.15) is 5.82 Å². The van der Waals surface area contributed by atoms with Crippen molar-refractivity contribution in [2.45, 2.75) is 0 Å². The Morgan fingerprint density at radius 1 is 1.00 bits per heavy atom. The maximum absolute atomic E-state index is 13.6. The van der Waals surface area contributed by atoms with Crippen LogP contribution in [0.3, 0.4) is 0 Å². The zero-order valence-corrected chi connectivity index (χ0v) is 9.59. The first-order valence-corrected chi connectivity index (χ1v) is 5.33. The Kier molecular flexibility index (Phi) is 2.87. The molecule has 0 nitrogen and oxygen atoms in total. The van der Waals surface area contributed by atoms with Gasteiger partial charge in [-0.15, -0.1) is 0 Å². The molecule has 0 amide bonds. The molecule has 0 aliphatic heterocycles. The van der Waals surface area contributed by atoms with Crippen LogP contribution < -0.4 is 0 Å². The van der Waals surface area contributed by atoms with E-state index in [-0.39, 0.29) is 5.82 Å². The predicted octanol–water partition coefficient (Wildman–Crippen LogP) is 4.44. The third-order valence-electron chi connectivity index (χ3n) is 2.20. The van der Waals surface area contributed by atoms with Gasteiger partial charge in [-0.25, -0.2) is 4.39 Å². The van der Waals surface area contributed by atoms with E-state index >= 15 is 0 Å². The molecule has 75 valence electrons. The highest BCUT2D eigenvalue weighted by molar-refractivity contribution is 9.10. The van der Waals surface area contributed by atoms with Gasteiger partial charge in [-0.1, -0.05) is 46.3 Å². The minimum Gasteiger partial charge on any atom is -0.206 e. The average Bonchev–Trinajstić information content (AvgIpc) is 2.20. The Labute approximate surface area is 96.9 Å². The molecule has 0 fully saturated rings. The number of benzene rings is 2. The smallest absolute Gasteiger partial charge is 0.132 e. The second kappa shape index (κ2) is 4.15. The van der Waals surface area contributed by atoms with Crippen molar-refractivity contribution in [3.63, 3.8) is 0 Å². The predicted molar refractivity (Wildman–Crippen MR) is 64.0 cm³/mol. The highest BCUT2D eigenvalue weighted by Gasteiger charge is 2.04. The van der Waals surface area contributed by atoms with Crippen LogP contribution in [0.5, 0.6) is 0 Å². The average molecular weight is 264 g/mol. The SMILES string of the molecule is [CH2]c1ccc(-c2ccc(Br)cc2F)cc1. The monoisotopic (exact) mass is 263 g/mol. The fourth-order valence-electron chi connectivity index (χ4n) is 1.41. The molecule has 0 aromatic heterocycles. The third kappa shape index (κ3) is 2.26. The highest BCUT2D eigenvalue weighted by Crippen LogP contribution is 2.25. The van der Waals surface area contributed by atoms with Gasteiger partial charge in [0.15, 0.2) is 0 Å². The molecule has 0 saturated heterocycles. The number of rotatable bonds is 1. The topological polar surface area (TPSA) is 0 Å². The quantitative estimate of drug-likeness (QED) is 0.714. The molecule has 0 aliphatic rings. The summed E-state index contributed by atoms with van der Waals surface area (Å²) in [6.07, 6.45) is 0. The molecular weight excluding hydrogens is 255 g/mol. The third-order valence-corrected chi connectivity index (χ3v) is 2.69.